The zero-order valence-corrected chi connectivity index (χ0v) is 13.0. The molecule has 0 atom stereocenters. The fourth-order valence-electron chi connectivity index (χ4n) is 2.10. The summed E-state index contributed by atoms with van der Waals surface area (Å²) in [5.74, 6) is -0.595. The summed E-state index contributed by atoms with van der Waals surface area (Å²) in [4.78, 5) is 33.4. The number of fused-ring (bicyclic) bond motifs is 1. The van der Waals surface area contributed by atoms with Gasteiger partial charge < -0.3 is 14.2 Å². The van der Waals surface area contributed by atoms with Crippen LogP contribution in [-0.2, 0) is 25.7 Å². The molecule has 6 nitrogen and oxygen atoms in total. The number of hydrogen-bond donors (Lipinski definition) is 0. The van der Waals surface area contributed by atoms with Gasteiger partial charge in [-0.25, -0.2) is 0 Å². The Morgan fingerprint density at radius 3 is 1.87 bits per heavy atom. The Labute approximate surface area is 132 Å². The minimum absolute atomic E-state index is 0.0998. The Morgan fingerprint density at radius 2 is 1.35 bits per heavy atom. The quantitative estimate of drug-likeness (QED) is 0.637. The van der Waals surface area contributed by atoms with E-state index in [1.54, 1.807) is 30.3 Å². The third-order valence-corrected chi connectivity index (χ3v) is 2.95. The van der Waals surface area contributed by atoms with Crippen molar-refractivity contribution in [1.29, 1.82) is 0 Å². The van der Waals surface area contributed by atoms with Gasteiger partial charge in [0.15, 0.2) is 0 Å². The second-order valence-corrected chi connectivity index (χ2v) is 4.91. The van der Waals surface area contributed by atoms with E-state index in [0.717, 1.165) is 5.56 Å². The molecule has 0 radical (unpaired) electrons. The van der Waals surface area contributed by atoms with Crippen molar-refractivity contribution in [2.45, 2.75) is 27.4 Å². The van der Waals surface area contributed by atoms with Crippen LogP contribution in [0.4, 0.5) is 0 Å². The third kappa shape index (κ3) is 4.29. The first-order chi connectivity index (χ1) is 10.9. The van der Waals surface area contributed by atoms with Crippen molar-refractivity contribution in [2.24, 2.45) is 0 Å². The number of benzene rings is 2. The number of carbonyl (C=O) groups excluding carboxylic acids is 3. The molecule has 0 bridgehead atoms. The van der Waals surface area contributed by atoms with E-state index >= 15 is 0 Å². The number of ether oxygens (including phenoxy) is 3. The number of rotatable bonds is 4. The van der Waals surface area contributed by atoms with Crippen LogP contribution in [0.2, 0.25) is 0 Å². The van der Waals surface area contributed by atoms with Crippen LogP contribution in [0, 0.1) is 0 Å². The van der Waals surface area contributed by atoms with E-state index in [1.807, 2.05) is 0 Å². The molecule has 0 amide bonds. The Bertz CT molecular complexity index is 778. The molecule has 2 aromatic rings. The Kier molecular flexibility index (Phi) is 4.95. The van der Waals surface area contributed by atoms with Gasteiger partial charge in [0.1, 0.15) is 18.1 Å². The maximum absolute atomic E-state index is 11.2. The highest BCUT2D eigenvalue weighted by Crippen LogP contribution is 2.34. The van der Waals surface area contributed by atoms with Crippen molar-refractivity contribution in [3.63, 3.8) is 0 Å². The molecule has 0 spiro atoms. The molecule has 0 aliphatic rings. The molecule has 2 aromatic carbocycles. The zero-order chi connectivity index (χ0) is 17.0. The second-order valence-electron chi connectivity index (χ2n) is 4.91. The Morgan fingerprint density at radius 1 is 0.783 bits per heavy atom. The molecule has 0 aliphatic carbocycles. The Hall–Kier alpha value is -2.89. The number of esters is 3. The summed E-state index contributed by atoms with van der Waals surface area (Å²) in [6, 6.07) is 8.31. The van der Waals surface area contributed by atoms with Gasteiger partial charge in [-0.1, -0.05) is 12.1 Å². The van der Waals surface area contributed by atoms with E-state index in [4.69, 9.17) is 14.2 Å². The van der Waals surface area contributed by atoms with Crippen LogP contribution in [0.3, 0.4) is 0 Å². The van der Waals surface area contributed by atoms with Gasteiger partial charge >= 0.3 is 17.9 Å². The summed E-state index contributed by atoms with van der Waals surface area (Å²) in [6.07, 6.45) is 0. The predicted molar refractivity (Wildman–Crippen MR) is 82.0 cm³/mol. The lowest BCUT2D eigenvalue weighted by molar-refractivity contribution is -0.142. The van der Waals surface area contributed by atoms with E-state index in [2.05, 4.69) is 0 Å². The van der Waals surface area contributed by atoms with Crippen LogP contribution in [0.15, 0.2) is 30.3 Å². The smallest absolute Gasteiger partial charge is 0.308 e. The third-order valence-electron chi connectivity index (χ3n) is 2.95. The van der Waals surface area contributed by atoms with Gasteiger partial charge in [-0.05, 0) is 23.8 Å². The van der Waals surface area contributed by atoms with Gasteiger partial charge in [0.2, 0.25) is 0 Å². The molecule has 0 aliphatic heterocycles. The SMILES string of the molecule is CC(=O)OCc1ccc2c(OC(C)=O)ccc(OC(C)=O)c2c1. The normalized spacial score (nSPS) is 10.2. The van der Waals surface area contributed by atoms with Gasteiger partial charge in [-0.2, -0.15) is 0 Å². The summed E-state index contributed by atoms with van der Waals surface area (Å²) in [6.45, 7) is 4.03. The average Bonchev–Trinajstić information content (AvgIpc) is 2.46. The number of hydrogen-bond acceptors (Lipinski definition) is 6. The molecule has 2 rings (SSSR count). The monoisotopic (exact) mass is 316 g/mol. The summed E-state index contributed by atoms with van der Waals surface area (Å²) in [5.41, 5.74) is 0.723. The fourth-order valence-corrected chi connectivity index (χ4v) is 2.10. The maximum atomic E-state index is 11.2. The summed E-state index contributed by atoms with van der Waals surface area (Å²) >= 11 is 0. The van der Waals surface area contributed by atoms with Crippen molar-refractivity contribution in [3.05, 3.63) is 35.9 Å². The van der Waals surface area contributed by atoms with Gasteiger partial charge in [-0.3, -0.25) is 14.4 Å². The van der Waals surface area contributed by atoms with E-state index < -0.39 is 11.9 Å². The minimum Gasteiger partial charge on any atom is -0.461 e. The van der Waals surface area contributed by atoms with E-state index in [9.17, 15) is 14.4 Å². The van der Waals surface area contributed by atoms with E-state index in [1.165, 1.54) is 20.8 Å². The highest BCUT2D eigenvalue weighted by atomic mass is 16.5. The van der Waals surface area contributed by atoms with Gasteiger partial charge in [0, 0.05) is 31.5 Å². The average molecular weight is 316 g/mol. The van der Waals surface area contributed by atoms with Crippen LogP contribution in [0.1, 0.15) is 26.3 Å². The van der Waals surface area contributed by atoms with E-state index in [-0.39, 0.29) is 12.6 Å². The maximum Gasteiger partial charge on any atom is 0.308 e. The lowest BCUT2D eigenvalue weighted by Crippen LogP contribution is -2.05. The molecule has 0 saturated heterocycles. The first kappa shape index (κ1) is 16.5. The Balaban J connectivity index is 2.52. The zero-order valence-electron chi connectivity index (χ0n) is 13.0. The number of carbonyl (C=O) groups is 3. The highest BCUT2D eigenvalue weighted by Gasteiger charge is 2.12. The van der Waals surface area contributed by atoms with Crippen molar-refractivity contribution in [1.82, 2.24) is 0 Å². The molecule has 6 heteroatoms. The second kappa shape index (κ2) is 6.91. The van der Waals surface area contributed by atoms with Crippen LogP contribution in [0.25, 0.3) is 10.8 Å². The van der Waals surface area contributed by atoms with Gasteiger partial charge in [-0.15, -0.1) is 0 Å². The molecule has 0 unspecified atom stereocenters. The van der Waals surface area contributed by atoms with Crippen molar-refractivity contribution < 1.29 is 28.6 Å². The predicted octanol–water partition coefficient (Wildman–Crippen LogP) is 2.75. The van der Waals surface area contributed by atoms with E-state index in [0.29, 0.717) is 22.3 Å². The molecular formula is C17H16O6. The first-order valence-electron chi connectivity index (χ1n) is 6.92. The standard InChI is InChI=1S/C17H16O6/c1-10(18)21-9-13-4-5-14-15(8-13)17(23-12(3)20)7-6-16(14)22-11(2)19/h4-8H,9H2,1-3H3. The molecule has 0 fully saturated rings. The summed E-state index contributed by atoms with van der Waals surface area (Å²) in [5, 5.41) is 1.20. The highest BCUT2D eigenvalue weighted by molar-refractivity contribution is 5.96. The molecule has 0 aromatic heterocycles. The topological polar surface area (TPSA) is 78.9 Å². The molecule has 23 heavy (non-hydrogen) atoms. The largest absolute Gasteiger partial charge is 0.461 e. The van der Waals surface area contributed by atoms with Gasteiger partial charge in [0.25, 0.3) is 0 Å². The van der Waals surface area contributed by atoms with Crippen LogP contribution in [0.5, 0.6) is 11.5 Å². The molecule has 120 valence electrons. The van der Waals surface area contributed by atoms with Crippen LogP contribution < -0.4 is 9.47 Å². The molecule has 0 N–H and O–H groups in total. The lowest BCUT2D eigenvalue weighted by Gasteiger charge is -2.12. The van der Waals surface area contributed by atoms with Gasteiger partial charge in [0.05, 0.1) is 0 Å². The van der Waals surface area contributed by atoms with Crippen molar-refractivity contribution in [3.8, 4) is 11.5 Å². The summed E-state index contributed by atoms with van der Waals surface area (Å²) in [7, 11) is 0. The molecular weight excluding hydrogens is 300 g/mol. The fraction of sp³-hybridized carbons (Fsp3) is 0.235. The first-order valence-corrected chi connectivity index (χ1v) is 6.92. The van der Waals surface area contributed by atoms with Crippen molar-refractivity contribution >= 4 is 28.7 Å². The van der Waals surface area contributed by atoms with Crippen LogP contribution >= 0.6 is 0 Å². The minimum atomic E-state index is -0.461. The molecule has 0 heterocycles. The summed E-state index contributed by atoms with van der Waals surface area (Å²) < 4.78 is 15.3. The molecule has 0 saturated carbocycles. The lowest BCUT2D eigenvalue weighted by atomic mass is 10.1. The van der Waals surface area contributed by atoms with Crippen LogP contribution in [-0.4, -0.2) is 17.9 Å². The van der Waals surface area contributed by atoms with Crippen molar-refractivity contribution in [2.75, 3.05) is 0 Å².